The largest absolute Gasteiger partial charge is 0.313 e. The number of benzene rings is 1. The molecule has 0 saturated heterocycles. The van der Waals surface area contributed by atoms with E-state index in [0.29, 0.717) is 6.42 Å². The maximum absolute atomic E-state index is 6.41. The van der Waals surface area contributed by atoms with Gasteiger partial charge in [-0.3, -0.25) is 0 Å². The Labute approximate surface area is 87.0 Å². The van der Waals surface area contributed by atoms with Crippen molar-refractivity contribution in [2.45, 2.75) is 27.2 Å². The molecule has 0 atom stereocenters. The molecule has 76 valence electrons. The van der Waals surface area contributed by atoms with Crippen LogP contribution in [0.15, 0.2) is 30.9 Å². The van der Waals surface area contributed by atoms with E-state index in [1.165, 1.54) is 22.9 Å². The summed E-state index contributed by atoms with van der Waals surface area (Å²) in [6.45, 7) is 9.79. The van der Waals surface area contributed by atoms with E-state index < -0.39 is 0 Å². The van der Waals surface area contributed by atoms with E-state index in [0.717, 1.165) is 0 Å². The average molecular weight is 189 g/mol. The topological polar surface area (TPSA) is 23.9 Å². The molecular weight excluding hydrogens is 170 g/mol. The normalized spacial score (nSPS) is 8.50. The monoisotopic (exact) mass is 189 g/mol. The Morgan fingerprint density at radius 2 is 1.86 bits per heavy atom. The molecule has 14 heavy (non-hydrogen) atoms. The van der Waals surface area contributed by atoms with E-state index in [4.69, 9.17) is 5.41 Å². The second kappa shape index (κ2) is 7.07. The van der Waals surface area contributed by atoms with Gasteiger partial charge in [0.25, 0.3) is 0 Å². The van der Waals surface area contributed by atoms with Crippen molar-refractivity contribution in [1.29, 1.82) is 5.41 Å². The van der Waals surface area contributed by atoms with Gasteiger partial charge in [0, 0.05) is 0 Å². The molecule has 0 aliphatic rings. The Hall–Kier alpha value is -1.37. The molecule has 0 saturated carbocycles. The van der Waals surface area contributed by atoms with Crippen LogP contribution in [0, 0.1) is 26.2 Å². The van der Waals surface area contributed by atoms with E-state index in [1.54, 1.807) is 6.08 Å². The minimum atomic E-state index is 0.694. The fraction of sp³-hybridized carbons (Fsp3) is 0.308. The molecule has 0 fully saturated rings. The number of hydrogen-bond donors (Lipinski definition) is 1. The number of hydrogen-bond acceptors (Lipinski definition) is 1. The lowest BCUT2D eigenvalue weighted by molar-refractivity contribution is 1.30. The van der Waals surface area contributed by atoms with Crippen molar-refractivity contribution < 1.29 is 0 Å². The van der Waals surface area contributed by atoms with Crippen LogP contribution in [0.5, 0.6) is 0 Å². The van der Waals surface area contributed by atoms with Gasteiger partial charge < -0.3 is 5.41 Å². The van der Waals surface area contributed by atoms with Gasteiger partial charge in [-0.05, 0) is 44.5 Å². The third-order valence-corrected chi connectivity index (χ3v) is 1.95. The molecule has 0 aromatic heterocycles. The predicted molar refractivity (Wildman–Crippen MR) is 64.3 cm³/mol. The molecule has 1 rings (SSSR count). The van der Waals surface area contributed by atoms with Gasteiger partial charge in [0.05, 0.1) is 0 Å². The molecule has 1 nitrogen and oxygen atoms in total. The summed E-state index contributed by atoms with van der Waals surface area (Å²) < 4.78 is 0. The van der Waals surface area contributed by atoms with Gasteiger partial charge in [0.2, 0.25) is 0 Å². The molecule has 0 unspecified atom stereocenters. The second-order valence-electron chi connectivity index (χ2n) is 3.32. The third-order valence-electron chi connectivity index (χ3n) is 1.95. The molecule has 1 N–H and O–H groups in total. The van der Waals surface area contributed by atoms with Gasteiger partial charge in [-0.2, -0.15) is 0 Å². The van der Waals surface area contributed by atoms with E-state index in [1.807, 2.05) is 0 Å². The summed E-state index contributed by atoms with van der Waals surface area (Å²) in [5.41, 5.74) is 4.11. The third kappa shape index (κ3) is 5.31. The predicted octanol–water partition coefficient (Wildman–Crippen LogP) is 3.82. The van der Waals surface area contributed by atoms with Crippen LogP contribution in [0.1, 0.15) is 23.1 Å². The molecule has 1 aromatic rings. The smallest absolute Gasteiger partial charge is 0.000286 e. The zero-order valence-corrected chi connectivity index (χ0v) is 9.30. The molecule has 0 bridgehead atoms. The van der Waals surface area contributed by atoms with E-state index >= 15 is 0 Å². The fourth-order valence-corrected chi connectivity index (χ4v) is 0.975. The fourth-order valence-electron chi connectivity index (χ4n) is 0.975. The standard InChI is InChI=1S/C9H12.C4H7N/c1-7-4-5-8(2)9(3)6-7;1-2-3-4-5/h4-6H,1-3H3;2,4-5H,1,3H2. The minimum absolute atomic E-state index is 0.694. The molecule has 0 heterocycles. The lowest BCUT2D eigenvalue weighted by atomic mass is 10.1. The molecule has 1 heteroatoms. The van der Waals surface area contributed by atoms with Crippen molar-refractivity contribution in [3.8, 4) is 0 Å². The summed E-state index contributed by atoms with van der Waals surface area (Å²) in [5.74, 6) is 0. The van der Waals surface area contributed by atoms with E-state index in [-0.39, 0.29) is 0 Å². The van der Waals surface area contributed by atoms with Crippen LogP contribution in [0.25, 0.3) is 0 Å². The number of aryl methyl sites for hydroxylation is 3. The van der Waals surface area contributed by atoms with Crippen LogP contribution in [0.4, 0.5) is 0 Å². The highest BCUT2D eigenvalue weighted by atomic mass is 14.3. The highest BCUT2D eigenvalue weighted by Crippen LogP contribution is 2.07. The Kier molecular flexibility index (Phi) is 6.38. The highest BCUT2D eigenvalue weighted by molar-refractivity contribution is 5.54. The van der Waals surface area contributed by atoms with Gasteiger partial charge in [0.15, 0.2) is 0 Å². The summed E-state index contributed by atoms with van der Waals surface area (Å²) in [4.78, 5) is 0. The van der Waals surface area contributed by atoms with Crippen LogP contribution in [0.2, 0.25) is 0 Å². The molecule has 0 aliphatic carbocycles. The van der Waals surface area contributed by atoms with Gasteiger partial charge in [-0.1, -0.05) is 29.8 Å². The first-order valence-corrected chi connectivity index (χ1v) is 4.75. The lowest BCUT2D eigenvalue weighted by Crippen LogP contribution is -1.79. The molecule has 0 amide bonds. The SMILES string of the molecule is C=CCC=N.Cc1ccc(C)c(C)c1. The molecule has 0 spiro atoms. The summed E-state index contributed by atoms with van der Waals surface area (Å²) in [6.07, 6.45) is 3.69. The summed E-state index contributed by atoms with van der Waals surface area (Å²) in [5, 5.41) is 6.41. The van der Waals surface area contributed by atoms with Crippen LogP contribution in [-0.2, 0) is 0 Å². The Morgan fingerprint density at radius 1 is 1.21 bits per heavy atom. The van der Waals surface area contributed by atoms with Crippen LogP contribution in [-0.4, -0.2) is 6.21 Å². The average Bonchev–Trinajstić information content (AvgIpc) is 2.14. The van der Waals surface area contributed by atoms with Crippen molar-refractivity contribution in [2.24, 2.45) is 0 Å². The van der Waals surface area contributed by atoms with Gasteiger partial charge in [-0.25, -0.2) is 0 Å². The van der Waals surface area contributed by atoms with Crippen LogP contribution >= 0.6 is 0 Å². The maximum atomic E-state index is 6.41. The number of nitrogens with one attached hydrogen (secondary N) is 1. The summed E-state index contributed by atoms with van der Waals surface area (Å²) >= 11 is 0. The highest BCUT2D eigenvalue weighted by Gasteiger charge is 1.89. The molecule has 1 aromatic carbocycles. The first-order valence-electron chi connectivity index (χ1n) is 4.75. The Morgan fingerprint density at radius 3 is 2.14 bits per heavy atom. The molecule has 0 aliphatic heterocycles. The van der Waals surface area contributed by atoms with Gasteiger partial charge in [-0.15, -0.1) is 6.58 Å². The first-order chi connectivity index (χ1) is 6.61. The molecular formula is C13H19N. The van der Waals surface area contributed by atoms with Gasteiger partial charge in [0.1, 0.15) is 0 Å². The van der Waals surface area contributed by atoms with Gasteiger partial charge >= 0.3 is 0 Å². The van der Waals surface area contributed by atoms with Crippen molar-refractivity contribution in [1.82, 2.24) is 0 Å². The van der Waals surface area contributed by atoms with E-state index in [2.05, 4.69) is 45.5 Å². The van der Waals surface area contributed by atoms with Crippen LogP contribution in [0.3, 0.4) is 0 Å². The lowest BCUT2D eigenvalue weighted by Gasteiger charge is -1.98. The minimum Gasteiger partial charge on any atom is -0.313 e. The van der Waals surface area contributed by atoms with Crippen LogP contribution < -0.4 is 0 Å². The van der Waals surface area contributed by atoms with Crippen molar-refractivity contribution in [3.05, 3.63) is 47.5 Å². The number of rotatable bonds is 2. The van der Waals surface area contributed by atoms with Crippen molar-refractivity contribution >= 4 is 6.21 Å². The zero-order valence-electron chi connectivity index (χ0n) is 9.30. The van der Waals surface area contributed by atoms with Crippen molar-refractivity contribution in [3.63, 3.8) is 0 Å². The Bertz CT molecular complexity index is 294. The summed E-state index contributed by atoms with van der Waals surface area (Å²) in [6, 6.07) is 6.50. The number of allylic oxidation sites excluding steroid dienone is 1. The van der Waals surface area contributed by atoms with E-state index in [9.17, 15) is 0 Å². The first kappa shape index (κ1) is 12.6. The zero-order chi connectivity index (χ0) is 11.0. The van der Waals surface area contributed by atoms with Crippen molar-refractivity contribution in [2.75, 3.05) is 0 Å². The maximum Gasteiger partial charge on any atom is -0.000286 e. The quantitative estimate of drug-likeness (QED) is 0.540. The molecule has 0 radical (unpaired) electrons. The summed E-state index contributed by atoms with van der Waals surface area (Å²) in [7, 11) is 0. The second-order valence-corrected chi connectivity index (χ2v) is 3.32. The Balaban J connectivity index is 0.000000292.